The van der Waals surface area contributed by atoms with E-state index in [2.05, 4.69) is 44.7 Å². The van der Waals surface area contributed by atoms with Crippen molar-refractivity contribution in [1.82, 2.24) is 0 Å². The van der Waals surface area contributed by atoms with Crippen LogP contribution in [0.25, 0.3) is 0 Å². The lowest BCUT2D eigenvalue weighted by Gasteiger charge is -2.19. The highest BCUT2D eigenvalue weighted by atomic mass is 14.2. The summed E-state index contributed by atoms with van der Waals surface area (Å²) < 4.78 is 0. The van der Waals surface area contributed by atoms with Crippen LogP contribution in [0.5, 0.6) is 0 Å². The van der Waals surface area contributed by atoms with Crippen molar-refractivity contribution in [1.29, 1.82) is 0 Å². The van der Waals surface area contributed by atoms with Gasteiger partial charge in [-0.25, -0.2) is 0 Å². The van der Waals surface area contributed by atoms with E-state index in [1.54, 1.807) is 0 Å². The van der Waals surface area contributed by atoms with Crippen LogP contribution in [0.1, 0.15) is 13.8 Å². The second-order valence-corrected chi connectivity index (χ2v) is 3.00. The van der Waals surface area contributed by atoms with E-state index in [9.17, 15) is 0 Å². The molecule has 54 valence electrons. The Kier molecular flexibility index (Phi) is 2.10. The molecule has 0 spiro atoms. The molecular weight excluding hydrogens is 120 g/mol. The third kappa shape index (κ3) is 1.38. The highest BCUT2D eigenvalue weighted by molar-refractivity contribution is 5.20. The molecule has 2 atom stereocenters. The van der Waals surface area contributed by atoms with Crippen molar-refractivity contribution < 1.29 is 0 Å². The number of rotatable bonds is 1. The van der Waals surface area contributed by atoms with Crippen LogP contribution in [0.2, 0.25) is 0 Å². The second kappa shape index (κ2) is 2.87. The van der Waals surface area contributed by atoms with Gasteiger partial charge in [0, 0.05) is 5.92 Å². The van der Waals surface area contributed by atoms with E-state index in [0.29, 0.717) is 11.8 Å². The molecule has 1 aliphatic rings. The first-order valence-electron chi connectivity index (χ1n) is 3.72. The highest BCUT2D eigenvalue weighted by Gasteiger charge is 2.13. The molecule has 0 N–H and O–H groups in total. The maximum atomic E-state index is 3.94. The quantitative estimate of drug-likeness (QED) is 0.484. The molecule has 0 radical (unpaired) electrons. The normalized spacial score (nSPS) is 30.6. The van der Waals surface area contributed by atoms with Gasteiger partial charge in [-0.3, -0.25) is 0 Å². The summed E-state index contributed by atoms with van der Waals surface area (Å²) in [5, 5.41) is 0. The van der Waals surface area contributed by atoms with E-state index < -0.39 is 0 Å². The first kappa shape index (κ1) is 7.33. The van der Waals surface area contributed by atoms with Crippen molar-refractivity contribution in [2.45, 2.75) is 13.8 Å². The van der Waals surface area contributed by atoms with Crippen LogP contribution in [0.4, 0.5) is 0 Å². The summed E-state index contributed by atoms with van der Waals surface area (Å²) >= 11 is 0. The van der Waals surface area contributed by atoms with Crippen molar-refractivity contribution in [2.24, 2.45) is 11.8 Å². The summed E-state index contributed by atoms with van der Waals surface area (Å²) in [6.45, 7) is 8.25. The Morgan fingerprint density at radius 2 is 1.90 bits per heavy atom. The minimum atomic E-state index is 0.560. The van der Waals surface area contributed by atoms with Gasteiger partial charge in [0.1, 0.15) is 0 Å². The topological polar surface area (TPSA) is 0 Å². The average molecular weight is 134 g/mol. The van der Waals surface area contributed by atoms with E-state index in [1.807, 2.05) is 0 Å². The summed E-state index contributed by atoms with van der Waals surface area (Å²) in [6, 6.07) is 0. The Morgan fingerprint density at radius 1 is 1.30 bits per heavy atom. The van der Waals surface area contributed by atoms with Crippen molar-refractivity contribution in [2.75, 3.05) is 0 Å². The van der Waals surface area contributed by atoms with Crippen LogP contribution in [0, 0.1) is 11.8 Å². The molecule has 0 aromatic heterocycles. The van der Waals surface area contributed by atoms with E-state index >= 15 is 0 Å². The molecule has 0 saturated heterocycles. The van der Waals surface area contributed by atoms with Gasteiger partial charge in [-0.15, -0.1) is 0 Å². The zero-order valence-corrected chi connectivity index (χ0v) is 6.67. The summed E-state index contributed by atoms with van der Waals surface area (Å²) in [7, 11) is 0. The van der Waals surface area contributed by atoms with Crippen LogP contribution < -0.4 is 0 Å². The van der Waals surface area contributed by atoms with Gasteiger partial charge in [0.05, 0.1) is 0 Å². The van der Waals surface area contributed by atoms with Crippen LogP contribution >= 0.6 is 0 Å². The number of allylic oxidation sites excluding steroid dienone is 5. The molecule has 0 bridgehead atoms. The zero-order valence-electron chi connectivity index (χ0n) is 6.67. The largest absolute Gasteiger partial charge is 0.0995 e. The van der Waals surface area contributed by atoms with Gasteiger partial charge >= 0.3 is 0 Å². The number of hydrogen-bond donors (Lipinski definition) is 0. The minimum Gasteiger partial charge on any atom is -0.0995 e. The van der Waals surface area contributed by atoms with Gasteiger partial charge in [-0.1, -0.05) is 43.4 Å². The molecule has 10 heavy (non-hydrogen) atoms. The van der Waals surface area contributed by atoms with Crippen molar-refractivity contribution in [3.05, 3.63) is 36.5 Å². The van der Waals surface area contributed by atoms with Gasteiger partial charge in [0.25, 0.3) is 0 Å². The zero-order chi connectivity index (χ0) is 7.56. The Bertz CT molecular complexity index is 184. The molecular formula is C10H14. The highest BCUT2D eigenvalue weighted by Crippen LogP contribution is 2.24. The molecule has 0 heteroatoms. The smallest absolute Gasteiger partial charge is 0.00347 e. The van der Waals surface area contributed by atoms with Crippen LogP contribution in [0.15, 0.2) is 36.5 Å². The van der Waals surface area contributed by atoms with Gasteiger partial charge in [-0.05, 0) is 12.8 Å². The Hall–Kier alpha value is -0.780. The Morgan fingerprint density at radius 3 is 2.30 bits per heavy atom. The molecule has 0 amide bonds. The summed E-state index contributed by atoms with van der Waals surface area (Å²) in [5.74, 6) is 1.19. The van der Waals surface area contributed by atoms with E-state index in [4.69, 9.17) is 0 Å². The van der Waals surface area contributed by atoms with Gasteiger partial charge in [0.15, 0.2) is 0 Å². The van der Waals surface area contributed by atoms with Crippen molar-refractivity contribution in [3.8, 4) is 0 Å². The Balaban J connectivity index is 2.70. The molecule has 1 aliphatic carbocycles. The standard InChI is InChI=1S/C10H14/c1-8(2)10-7-5-4-6-9(10)3/h4-7,9-10H,1H2,2-3H3/t9?,10-/m1/s1. The molecule has 0 fully saturated rings. The lowest BCUT2D eigenvalue weighted by Crippen LogP contribution is -2.09. The van der Waals surface area contributed by atoms with E-state index in [0.717, 1.165) is 0 Å². The molecule has 0 aliphatic heterocycles. The number of hydrogen-bond acceptors (Lipinski definition) is 0. The lowest BCUT2D eigenvalue weighted by molar-refractivity contribution is 0.578. The molecule has 1 unspecified atom stereocenters. The SMILES string of the molecule is C=C(C)[C@H]1C=CC=CC1C. The third-order valence-electron chi connectivity index (χ3n) is 1.98. The molecule has 0 aromatic rings. The van der Waals surface area contributed by atoms with Crippen molar-refractivity contribution >= 4 is 0 Å². The van der Waals surface area contributed by atoms with Crippen LogP contribution in [0.3, 0.4) is 0 Å². The first-order chi connectivity index (χ1) is 4.72. The fourth-order valence-electron chi connectivity index (χ4n) is 1.33. The van der Waals surface area contributed by atoms with Gasteiger partial charge in [-0.2, -0.15) is 0 Å². The maximum Gasteiger partial charge on any atom is 0.00347 e. The van der Waals surface area contributed by atoms with Gasteiger partial charge in [0.2, 0.25) is 0 Å². The third-order valence-corrected chi connectivity index (χ3v) is 1.98. The predicted molar refractivity (Wildman–Crippen MR) is 45.7 cm³/mol. The Labute approximate surface area is 62.9 Å². The van der Waals surface area contributed by atoms with Crippen LogP contribution in [-0.2, 0) is 0 Å². The predicted octanol–water partition coefficient (Wildman–Crippen LogP) is 2.94. The monoisotopic (exact) mass is 134 g/mol. The second-order valence-electron chi connectivity index (χ2n) is 3.00. The fourth-order valence-corrected chi connectivity index (χ4v) is 1.33. The summed E-state index contributed by atoms with van der Waals surface area (Å²) in [6.07, 6.45) is 8.63. The van der Waals surface area contributed by atoms with Crippen molar-refractivity contribution in [3.63, 3.8) is 0 Å². The van der Waals surface area contributed by atoms with Gasteiger partial charge < -0.3 is 0 Å². The summed E-state index contributed by atoms with van der Waals surface area (Å²) in [4.78, 5) is 0. The molecule has 0 heterocycles. The average Bonchev–Trinajstić information content (AvgIpc) is 1.88. The molecule has 0 nitrogen and oxygen atoms in total. The van der Waals surface area contributed by atoms with E-state index in [1.165, 1.54) is 5.57 Å². The molecule has 1 rings (SSSR count). The molecule has 0 saturated carbocycles. The maximum absolute atomic E-state index is 3.94. The minimum absolute atomic E-state index is 0.560. The van der Waals surface area contributed by atoms with Crippen LogP contribution in [-0.4, -0.2) is 0 Å². The van der Waals surface area contributed by atoms with E-state index in [-0.39, 0.29) is 0 Å². The lowest BCUT2D eigenvalue weighted by atomic mass is 9.85. The first-order valence-corrected chi connectivity index (χ1v) is 3.72. The molecule has 0 aromatic carbocycles. The summed E-state index contributed by atoms with van der Waals surface area (Å²) in [5.41, 5.74) is 1.26. The fraction of sp³-hybridized carbons (Fsp3) is 0.400.